The molecule has 0 unspecified atom stereocenters. The molecule has 0 aliphatic heterocycles. The van der Waals surface area contributed by atoms with Gasteiger partial charge in [0.15, 0.2) is 0 Å². The maximum Gasteiger partial charge on any atom is 0.224 e. The Hall–Kier alpha value is -2.26. The van der Waals surface area contributed by atoms with Gasteiger partial charge in [-0.05, 0) is 53.8 Å². The monoisotopic (exact) mass is 355 g/mol. The number of hydrogen-bond acceptors (Lipinski definition) is 2. The molecular weight excluding hydrogens is 334 g/mol. The molecule has 25 heavy (non-hydrogen) atoms. The second kappa shape index (κ2) is 7.32. The van der Waals surface area contributed by atoms with Crippen LogP contribution >= 0.6 is 11.6 Å². The van der Waals surface area contributed by atoms with Gasteiger partial charge >= 0.3 is 0 Å². The second-order valence-corrected chi connectivity index (χ2v) is 7.14. The second-order valence-electron chi connectivity index (χ2n) is 6.70. The topological polar surface area (TPSA) is 42.2 Å². The zero-order chi connectivity index (χ0) is 18.0. The zero-order valence-corrected chi connectivity index (χ0v) is 15.5. The molecule has 2 aromatic carbocycles. The summed E-state index contributed by atoms with van der Waals surface area (Å²) in [5.41, 5.74) is 5.28. The Labute approximate surface area is 153 Å². The molecule has 1 heterocycles. The van der Waals surface area contributed by atoms with Gasteiger partial charge in [-0.3, -0.25) is 4.79 Å². The highest BCUT2D eigenvalue weighted by molar-refractivity contribution is 6.30. The van der Waals surface area contributed by atoms with Crippen molar-refractivity contribution in [3.05, 3.63) is 69.9 Å². The van der Waals surface area contributed by atoms with Gasteiger partial charge < -0.3 is 9.73 Å². The van der Waals surface area contributed by atoms with Gasteiger partial charge in [0.2, 0.25) is 5.91 Å². The van der Waals surface area contributed by atoms with Crippen LogP contribution in [0.4, 0.5) is 0 Å². The lowest BCUT2D eigenvalue weighted by Gasteiger charge is -2.10. The first-order chi connectivity index (χ1) is 11.9. The lowest BCUT2D eigenvalue weighted by molar-refractivity contribution is -0.120. The number of amides is 1. The van der Waals surface area contributed by atoms with E-state index in [0.717, 1.165) is 22.1 Å². The molecule has 0 saturated heterocycles. The maximum atomic E-state index is 12.3. The molecule has 3 aromatic rings. The summed E-state index contributed by atoms with van der Waals surface area (Å²) in [7, 11) is 0. The molecule has 0 fully saturated rings. The number of benzene rings is 2. The molecule has 0 bridgehead atoms. The van der Waals surface area contributed by atoms with Gasteiger partial charge in [-0.25, -0.2) is 0 Å². The van der Waals surface area contributed by atoms with Gasteiger partial charge in [0.05, 0.1) is 12.7 Å². The number of hydrogen-bond donors (Lipinski definition) is 1. The summed E-state index contributed by atoms with van der Waals surface area (Å²) in [5, 5.41) is 4.66. The van der Waals surface area contributed by atoms with Crippen molar-refractivity contribution in [3.63, 3.8) is 0 Å². The Kier molecular flexibility index (Phi) is 5.14. The van der Waals surface area contributed by atoms with E-state index < -0.39 is 0 Å². The molecule has 0 radical (unpaired) electrons. The van der Waals surface area contributed by atoms with E-state index in [1.807, 2.05) is 24.3 Å². The van der Waals surface area contributed by atoms with Gasteiger partial charge in [0.25, 0.3) is 0 Å². The number of rotatable bonds is 5. The predicted octanol–water partition coefficient (Wildman–Crippen LogP) is 5.38. The Balaban J connectivity index is 1.72. The Morgan fingerprint density at radius 2 is 1.92 bits per heavy atom. The van der Waals surface area contributed by atoms with Crippen LogP contribution in [0, 0.1) is 6.92 Å². The lowest BCUT2D eigenvalue weighted by Crippen LogP contribution is -2.24. The number of nitrogens with one attached hydrogen (secondary N) is 1. The van der Waals surface area contributed by atoms with E-state index in [1.54, 1.807) is 6.26 Å². The van der Waals surface area contributed by atoms with Crippen LogP contribution in [-0.2, 0) is 17.8 Å². The minimum absolute atomic E-state index is 0.0238. The fraction of sp³-hybridized carbons (Fsp3) is 0.286. The van der Waals surface area contributed by atoms with Crippen molar-refractivity contribution in [2.45, 2.75) is 39.7 Å². The molecule has 3 nitrogen and oxygen atoms in total. The van der Waals surface area contributed by atoms with Crippen LogP contribution in [-0.4, -0.2) is 5.91 Å². The SMILES string of the molecule is Cc1cc2occ(CC(=O)NCc3ccc(Cl)cc3)c2cc1C(C)C. The van der Waals surface area contributed by atoms with Gasteiger partial charge in [-0.15, -0.1) is 0 Å². The van der Waals surface area contributed by atoms with Gasteiger partial charge in [-0.1, -0.05) is 37.6 Å². The third-order valence-electron chi connectivity index (χ3n) is 4.42. The van der Waals surface area contributed by atoms with E-state index in [0.29, 0.717) is 23.9 Å². The van der Waals surface area contributed by atoms with Crippen LogP contribution in [0.2, 0.25) is 5.02 Å². The Bertz CT molecular complexity index is 894. The van der Waals surface area contributed by atoms with Crippen molar-refractivity contribution in [1.29, 1.82) is 0 Å². The minimum Gasteiger partial charge on any atom is -0.464 e. The van der Waals surface area contributed by atoms with E-state index >= 15 is 0 Å². The summed E-state index contributed by atoms with van der Waals surface area (Å²) in [6.07, 6.45) is 2.00. The summed E-state index contributed by atoms with van der Waals surface area (Å²) in [6.45, 7) is 6.93. The van der Waals surface area contributed by atoms with Crippen LogP contribution in [0.3, 0.4) is 0 Å². The highest BCUT2D eigenvalue weighted by atomic mass is 35.5. The largest absolute Gasteiger partial charge is 0.464 e. The molecule has 1 N–H and O–H groups in total. The van der Waals surface area contributed by atoms with E-state index in [9.17, 15) is 4.79 Å². The smallest absolute Gasteiger partial charge is 0.224 e. The molecule has 1 aromatic heterocycles. The number of fused-ring (bicyclic) bond motifs is 1. The first-order valence-corrected chi connectivity index (χ1v) is 8.83. The molecule has 0 aliphatic rings. The van der Waals surface area contributed by atoms with Crippen molar-refractivity contribution >= 4 is 28.5 Å². The van der Waals surface area contributed by atoms with Crippen molar-refractivity contribution in [2.75, 3.05) is 0 Å². The van der Waals surface area contributed by atoms with Gasteiger partial charge in [0, 0.05) is 22.5 Å². The van der Waals surface area contributed by atoms with Crippen LogP contribution in [0.1, 0.15) is 42.0 Å². The lowest BCUT2D eigenvalue weighted by atomic mass is 9.95. The summed E-state index contributed by atoms with van der Waals surface area (Å²) in [6, 6.07) is 11.7. The number of furan rings is 1. The van der Waals surface area contributed by atoms with Crippen molar-refractivity contribution in [1.82, 2.24) is 5.32 Å². The molecule has 0 saturated carbocycles. The molecule has 130 valence electrons. The number of aryl methyl sites for hydroxylation is 1. The normalized spacial score (nSPS) is 11.2. The quantitative estimate of drug-likeness (QED) is 0.667. The van der Waals surface area contributed by atoms with Crippen LogP contribution in [0.25, 0.3) is 11.0 Å². The fourth-order valence-corrected chi connectivity index (χ4v) is 3.17. The van der Waals surface area contributed by atoms with E-state index in [-0.39, 0.29) is 5.91 Å². The molecule has 0 spiro atoms. The number of halogens is 1. The molecular formula is C21H22ClNO2. The average molecular weight is 356 g/mol. The summed E-state index contributed by atoms with van der Waals surface area (Å²) >= 11 is 5.87. The third kappa shape index (κ3) is 4.05. The molecule has 3 rings (SSSR count). The van der Waals surface area contributed by atoms with Crippen molar-refractivity contribution in [3.8, 4) is 0 Å². The van der Waals surface area contributed by atoms with Crippen molar-refractivity contribution in [2.24, 2.45) is 0 Å². The first kappa shape index (κ1) is 17.6. The molecule has 1 amide bonds. The van der Waals surface area contributed by atoms with E-state index in [2.05, 4.69) is 38.2 Å². The standard InChI is InChI=1S/C21H22ClNO2/c1-13(2)18-10-19-16(12-25-20(19)8-14(18)3)9-21(24)23-11-15-4-6-17(22)7-5-15/h4-8,10,12-13H,9,11H2,1-3H3,(H,23,24). The van der Waals surface area contributed by atoms with Crippen molar-refractivity contribution < 1.29 is 9.21 Å². The van der Waals surface area contributed by atoms with Gasteiger partial charge in [-0.2, -0.15) is 0 Å². The molecule has 0 atom stereocenters. The summed E-state index contributed by atoms with van der Waals surface area (Å²) in [4.78, 5) is 12.3. The van der Waals surface area contributed by atoms with Crippen LogP contribution in [0.5, 0.6) is 0 Å². The molecule has 0 aliphatic carbocycles. The molecule has 4 heteroatoms. The highest BCUT2D eigenvalue weighted by Gasteiger charge is 2.14. The highest BCUT2D eigenvalue weighted by Crippen LogP contribution is 2.29. The maximum absolute atomic E-state index is 12.3. The minimum atomic E-state index is -0.0238. The zero-order valence-electron chi connectivity index (χ0n) is 14.7. The summed E-state index contributed by atoms with van der Waals surface area (Å²) in [5.74, 6) is 0.412. The third-order valence-corrected chi connectivity index (χ3v) is 4.67. The Morgan fingerprint density at radius 1 is 1.20 bits per heavy atom. The summed E-state index contributed by atoms with van der Waals surface area (Å²) < 4.78 is 5.65. The van der Waals surface area contributed by atoms with Crippen LogP contribution in [0.15, 0.2) is 47.1 Å². The van der Waals surface area contributed by atoms with E-state index in [1.165, 1.54) is 11.1 Å². The van der Waals surface area contributed by atoms with E-state index in [4.69, 9.17) is 16.0 Å². The van der Waals surface area contributed by atoms with Crippen LogP contribution < -0.4 is 5.32 Å². The van der Waals surface area contributed by atoms with Gasteiger partial charge in [0.1, 0.15) is 5.58 Å². The fourth-order valence-electron chi connectivity index (χ4n) is 3.04. The number of carbonyl (C=O) groups is 1. The number of carbonyl (C=O) groups excluding carboxylic acids is 1. The predicted molar refractivity (Wildman–Crippen MR) is 102 cm³/mol. The average Bonchev–Trinajstić information content (AvgIpc) is 2.95. The Morgan fingerprint density at radius 3 is 2.60 bits per heavy atom. The first-order valence-electron chi connectivity index (χ1n) is 8.46.